The molecule has 0 aliphatic carbocycles. The molecule has 1 aliphatic rings. The van der Waals surface area contributed by atoms with Crippen molar-refractivity contribution >= 4 is 28.3 Å². The largest absolute Gasteiger partial charge is 0.416 e. The number of nitrogens with zero attached hydrogens (tertiary/aromatic N) is 4. The minimum absolute atomic E-state index is 0.0485. The smallest absolute Gasteiger partial charge is 0.318 e. The van der Waals surface area contributed by atoms with Crippen LogP contribution in [0.5, 0.6) is 0 Å². The quantitative estimate of drug-likeness (QED) is 0.446. The van der Waals surface area contributed by atoms with Crippen molar-refractivity contribution in [1.29, 1.82) is 0 Å². The first-order valence-electron chi connectivity index (χ1n) is 10.3. The minimum Gasteiger partial charge on any atom is -0.318 e. The van der Waals surface area contributed by atoms with Gasteiger partial charge in [-0.05, 0) is 42.7 Å². The lowest BCUT2D eigenvalue weighted by molar-refractivity contribution is -0.137. The molecule has 0 bridgehead atoms. The van der Waals surface area contributed by atoms with E-state index in [0.29, 0.717) is 47.2 Å². The number of pyridine rings is 1. The van der Waals surface area contributed by atoms with Gasteiger partial charge in [-0.1, -0.05) is 29.5 Å². The van der Waals surface area contributed by atoms with Crippen LogP contribution in [0.15, 0.2) is 48.8 Å². The number of urea groups is 1. The Morgan fingerprint density at radius 1 is 1.15 bits per heavy atom. The second-order valence-corrected chi connectivity index (χ2v) is 8.73. The third kappa shape index (κ3) is 5.22. The summed E-state index contributed by atoms with van der Waals surface area (Å²) in [5.74, 6) is -0.0485. The molecule has 1 aromatic carbocycles. The third-order valence-corrected chi connectivity index (χ3v) is 6.58. The van der Waals surface area contributed by atoms with E-state index < -0.39 is 11.7 Å². The first-order valence-corrected chi connectivity index (χ1v) is 11.2. The van der Waals surface area contributed by atoms with E-state index in [0.717, 1.165) is 17.7 Å². The molecule has 172 valence electrons. The molecule has 33 heavy (non-hydrogen) atoms. The zero-order chi connectivity index (χ0) is 23.6. The fourth-order valence-corrected chi connectivity index (χ4v) is 4.70. The molecule has 1 aliphatic heterocycles. The van der Waals surface area contributed by atoms with Crippen LogP contribution < -0.4 is 4.90 Å². The number of hydrogen-bond donors (Lipinski definition) is 0. The van der Waals surface area contributed by atoms with Gasteiger partial charge in [-0.3, -0.25) is 14.7 Å². The molecule has 4 rings (SSSR count). The second-order valence-electron chi connectivity index (χ2n) is 7.75. The Bertz CT molecular complexity index is 1160. The Morgan fingerprint density at radius 3 is 2.67 bits per heavy atom. The lowest BCUT2D eigenvalue weighted by atomic mass is 10.1. The normalized spacial score (nSPS) is 14.2. The first-order chi connectivity index (χ1) is 15.7. The van der Waals surface area contributed by atoms with Crippen molar-refractivity contribution in [1.82, 2.24) is 14.9 Å². The van der Waals surface area contributed by atoms with Crippen LogP contribution in [0.1, 0.15) is 38.5 Å². The summed E-state index contributed by atoms with van der Waals surface area (Å²) in [5, 5.41) is 0.425. The topological polar surface area (TPSA) is 66.4 Å². The van der Waals surface area contributed by atoms with Gasteiger partial charge >= 0.3 is 12.2 Å². The van der Waals surface area contributed by atoms with E-state index in [9.17, 15) is 22.8 Å². The fraction of sp³-hybridized carbons (Fsp3) is 0.304. The number of rotatable bonds is 7. The highest BCUT2D eigenvalue weighted by Gasteiger charge is 2.34. The number of thiazole rings is 1. The van der Waals surface area contributed by atoms with Gasteiger partial charge < -0.3 is 4.90 Å². The number of Topliss-reactive ketones (excluding diaryl/α,β-unsaturated/α-hetero) is 1. The lowest BCUT2D eigenvalue weighted by Crippen LogP contribution is -2.31. The maximum absolute atomic E-state index is 13.0. The molecule has 0 spiro atoms. The highest BCUT2D eigenvalue weighted by atomic mass is 32.1. The zero-order valence-corrected chi connectivity index (χ0v) is 18.6. The summed E-state index contributed by atoms with van der Waals surface area (Å²) in [7, 11) is 0. The monoisotopic (exact) mass is 474 g/mol. The van der Waals surface area contributed by atoms with Gasteiger partial charge in [-0.2, -0.15) is 13.2 Å². The van der Waals surface area contributed by atoms with Crippen molar-refractivity contribution < 1.29 is 22.8 Å². The summed E-state index contributed by atoms with van der Waals surface area (Å²) < 4.78 is 38.9. The maximum Gasteiger partial charge on any atom is 0.416 e. The molecule has 6 nitrogen and oxygen atoms in total. The molecule has 3 heterocycles. The summed E-state index contributed by atoms with van der Waals surface area (Å²) >= 11 is 1.17. The fourth-order valence-electron chi connectivity index (χ4n) is 3.65. The van der Waals surface area contributed by atoms with Crippen molar-refractivity contribution in [2.24, 2.45) is 0 Å². The van der Waals surface area contributed by atoms with Gasteiger partial charge in [0.25, 0.3) is 0 Å². The summed E-state index contributed by atoms with van der Waals surface area (Å²) in [6, 6.07) is 8.36. The lowest BCUT2D eigenvalue weighted by Gasteiger charge is -2.17. The molecule has 0 radical (unpaired) electrons. The number of aryl methyl sites for hydroxylation is 2. The Balaban J connectivity index is 1.42. The average molecular weight is 475 g/mol. The molecule has 0 N–H and O–H groups in total. The first kappa shape index (κ1) is 22.9. The van der Waals surface area contributed by atoms with E-state index in [-0.39, 0.29) is 18.4 Å². The number of ketones is 1. The number of aromatic nitrogens is 2. The number of amides is 2. The Hall–Kier alpha value is -3.27. The van der Waals surface area contributed by atoms with Crippen molar-refractivity contribution in [3.8, 4) is 0 Å². The zero-order valence-electron chi connectivity index (χ0n) is 17.8. The molecule has 1 saturated heterocycles. The van der Waals surface area contributed by atoms with Gasteiger partial charge in [0.05, 0.1) is 16.1 Å². The maximum atomic E-state index is 13.0. The summed E-state index contributed by atoms with van der Waals surface area (Å²) in [6.07, 6.45) is -0.166. The van der Waals surface area contributed by atoms with Gasteiger partial charge in [-0.25, -0.2) is 9.78 Å². The number of halogens is 3. The molecular weight excluding hydrogens is 453 g/mol. The van der Waals surface area contributed by atoms with Crippen LogP contribution in [-0.2, 0) is 19.1 Å². The van der Waals surface area contributed by atoms with Crippen LogP contribution in [0.3, 0.4) is 0 Å². The van der Waals surface area contributed by atoms with Gasteiger partial charge in [0.1, 0.15) is 0 Å². The Kier molecular flexibility index (Phi) is 6.46. The number of benzene rings is 1. The van der Waals surface area contributed by atoms with Gasteiger partial charge in [0, 0.05) is 38.4 Å². The third-order valence-electron chi connectivity index (χ3n) is 5.36. The molecular formula is C23H21F3N4O2S. The van der Waals surface area contributed by atoms with Crippen LogP contribution in [-0.4, -0.2) is 39.8 Å². The number of carbonyl (C=O) groups excluding carboxylic acids is 2. The number of anilines is 1. The molecule has 2 aromatic heterocycles. The Labute approximate surface area is 192 Å². The standard InChI is InChI=1S/C23H21F3N4O2S/c1-15-20(19(31)8-7-16-5-3-9-27-13-16)33-21(28-15)30-11-10-29(22(30)32)14-17-4-2-6-18(12-17)23(24,25)26/h2-6,9,12-13H,7-8,10-11,14H2,1H3. The summed E-state index contributed by atoms with van der Waals surface area (Å²) in [4.78, 5) is 37.5. The molecule has 10 heteroatoms. The van der Waals surface area contributed by atoms with Crippen LogP contribution in [0.4, 0.5) is 23.1 Å². The molecule has 0 saturated carbocycles. The molecule has 1 fully saturated rings. The van der Waals surface area contributed by atoms with Crippen LogP contribution in [0, 0.1) is 6.92 Å². The number of hydrogen-bond acceptors (Lipinski definition) is 5. The highest BCUT2D eigenvalue weighted by molar-refractivity contribution is 7.17. The van der Waals surface area contributed by atoms with Gasteiger partial charge in [-0.15, -0.1) is 0 Å². The second kappa shape index (κ2) is 9.30. The van der Waals surface area contributed by atoms with Crippen LogP contribution >= 0.6 is 11.3 Å². The average Bonchev–Trinajstić information content (AvgIpc) is 3.35. The van der Waals surface area contributed by atoms with E-state index in [1.165, 1.54) is 27.2 Å². The van der Waals surface area contributed by atoms with Gasteiger partial charge in [0.15, 0.2) is 10.9 Å². The van der Waals surface area contributed by atoms with Crippen molar-refractivity contribution in [3.05, 3.63) is 76.1 Å². The molecule has 2 amide bonds. The van der Waals surface area contributed by atoms with Gasteiger partial charge in [0.2, 0.25) is 0 Å². The van der Waals surface area contributed by atoms with Crippen LogP contribution in [0.25, 0.3) is 0 Å². The summed E-state index contributed by atoms with van der Waals surface area (Å²) in [5.41, 5.74) is 1.19. The number of alkyl halides is 3. The van der Waals surface area contributed by atoms with Crippen molar-refractivity contribution in [2.75, 3.05) is 18.0 Å². The van der Waals surface area contributed by atoms with E-state index in [1.54, 1.807) is 25.4 Å². The van der Waals surface area contributed by atoms with E-state index in [4.69, 9.17) is 0 Å². The number of carbonyl (C=O) groups is 2. The van der Waals surface area contributed by atoms with E-state index in [1.807, 2.05) is 12.1 Å². The molecule has 0 atom stereocenters. The Morgan fingerprint density at radius 2 is 1.94 bits per heavy atom. The van der Waals surface area contributed by atoms with E-state index in [2.05, 4.69) is 9.97 Å². The summed E-state index contributed by atoms with van der Waals surface area (Å²) in [6.45, 7) is 2.52. The SMILES string of the molecule is Cc1nc(N2CCN(Cc3cccc(C(F)(F)F)c3)C2=O)sc1C(=O)CCc1cccnc1. The molecule has 3 aromatic rings. The van der Waals surface area contributed by atoms with Crippen LogP contribution in [0.2, 0.25) is 0 Å². The van der Waals surface area contributed by atoms with Crippen molar-refractivity contribution in [3.63, 3.8) is 0 Å². The predicted molar refractivity (Wildman–Crippen MR) is 118 cm³/mol. The highest BCUT2D eigenvalue weighted by Crippen LogP contribution is 2.32. The predicted octanol–water partition coefficient (Wildman–Crippen LogP) is 5.12. The molecule has 0 unspecified atom stereocenters. The van der Waals surface area contributed by atoms with E-state index >= 15 is 0 Å². The minimum atomic E-state index is -4.44. The van der Waals surface area contributed by atoms with Crippen molar-refractivity contribution in [2.45, 2.75) is 32.5 Å².